The summed E-state index contributed by atoms with van der Waals surface area (Å²) in [5.74, 6) is 0.528. The van der Waals surface area contributed by atoms with Gasteiger partial charge in [-0.1, -0.05) is 44.2 Å². The van der Waals surface area contributed by atoms with Crippen LogP contribution in [0.4, 0.5) is 0 Å². The first-order chi connectivity index (χ1) is 11.0. The number of hydrogen-bond acceptors (Lipinski definition) is 2. The molecule has 2 aromatic heterocycles. The van der Waals surface area contributed by atoms with Crippen molar-refractivity contribution in [1.29, 1.82) is 0 Å². The fraction of sp³-hybridized carbons (Fsp3) is 0.333. The van der Waals surface area contributed by atoms with Gasteiger partial charge in [0.1, 0.15) is 5.52 Å². The van der Waals surface area contributed by atoms with Gasteiger partial charge in [0.15, 0.2) is 4.77 Å². The maximum absolute atomic E-state index is 12.9. The van der Waals surface area contributed by atoms with Crippen LogP contribution in [-0.2, 0) is 13.6 Å². The zero-order valence-corrected chi connectivity index (χ0v) is 14.5. The van der Waals surface area contributed by atoms with Crippen molar-refractivity contribution in [2.24, 2.45) is 13.0 Å². The number of aryl methyl sites for hydroxylation is 1. The third-order valence-electron chi connectivity index (χ3n) is 4.12. The zero-order chi connectivity index (χ0) is 16.6. The van der Waals surface area contributed by atoms with Crippen molar-refractivity contribution in [3.8, 4) is 11.1 Å². The van der Waals surface area contributed by atoms with Gasteiger partial charge in [0.2, 0.25) is 0 Å². The third-order valence-corrected chi connectivity index (χ3v) is 4.44. The molecule has 0 unspecified atom stereocenters. The van der Waals surface area contributed by atoms with Crippen molar-refractivity contribution >= 4 is 23.3 Å². The highest BCUT2D eigenvalue weighted by atomic mass is 32.1. The number of rotatable bonds is 4. The first-order valence-electron chi connectivity index (χ1n) is 7.86. The molecule has 5 heteroatoms. The van der Waals surface area contributed by atoms with E-state index in [2.05, 4.69) is 18.8 Å². The second kappa shape index (κ2) is 6.16. The van der Waals surface area contributed by atoms with Crippen LogP contribution in [0.3, 0.4) is 0 Å². The van der Waals surface area contributed by atoms with Gasteiger partial charge in [0.05, 0.1) is 5.52 Å². The molecule has 0 saturated heterocycles. The van der Waals surface area contributed by atoms with Crippen molar-refractivity contribution in [3.05, 3.63) is 51.7 Å². The average molecular weight is 327 g/mol. The van der Waals surface area contributed by atoms with Crippen LogP contribution >= 0.6 is 12.2 Å². The summed E-state index contributed by atoms with van der Waals surface area (Å²) in [6, 6.07) is 10.0. The minimum Gasteiger partial charge on any atom is -0.344 e. The summed E-state index contributed by atoms with van der Waals surface area (Å²) in [6.45, 7) is 4.94. The third kappa shape index (κ3) is 2.88. The van der Waals surface area contributed by atoms with Crippen molar-refractivity contribution < 1.29 is 0 Å². The van der Waals surface area contributed by atoms with Crippen LogP contribution in [0.1, 0.15) is 20.3 Å². The van der Waals surface area contributed by atoms with E-state index >= 15 is 0 Å². The topological polar surface area (TPSA) is 42.7 Å². The summed E-state index contributed by atoms with van der Waals surface area (Å²) in [5, 5.41) is 0. The molecule has 1 aromatic carbocycles. The van der Waals surface area contributed by atoms with Crippen LogP contribution in [0.25, 0.3) is 22.2 Å². The van der Waals surface area contributed by atoms with E-state index in [9.17, 15) is 4.79 Å². The Balaban J connectivity index is 2.23. The molecule has 0 aliphatic heterocycles. The standard InChI is InChI=1S/C18H21N3OS/c1-12(2)9-10-21-17(22)16-15(19-18(21)23)14(11-20(16)3)13-7-5-4-6-8-13/h4-8,11-12H,9-10H2,1-3H3,(H,19,23). The number of nitrogens with zero attached hydrogens (tertiary/aromatic N) is 2. The van der Waals surface area contributed by atoms with Gasteiger partial charge in [-0.25, -0.2) is 0 Å². The highest BCUT2D eigenvalue weighted by Gasteiger charge is 2.15. The Morgan fingerprint density at radius 3 is 2.57 bits per heavy atom. The van der Waals surface area contributed by atoms with E-state index in [0.717, 1.165) is 23.1 Å². The van der Waals surface area contributed by atoms with E-state index in [1.807, 2.05) is 48.1 Å². The van der Waals surface area contributed by atoms with Crippen LogP contribution < -0.4 is 5.56 Å². The molecule has 120 valence electrons. The highest BCUT2D eigenvalue weighted by molar-refractivity contribution is 7.71. The maximum Gasteiger partial charge on any atom is 0.278 e. The summed E-state index contributed by atoms with van der Waals surface area (Å²) in [7, 11) is 1.90. The highest BCUT2D eigenvalue weighted by Crippen LogP contribution is 2.26. The number of aromatic amines is 1. The van der Waals surface area contributed by atoms with E-state index in [0.29, 0.717) is 22.8 Å². The van der Waals surface area contributed by atoms with E-state index < -0.39 is 0 Å². The van der Waals surface area contributed by atoms with Gasteiger partial charge >= 0.3 is 0 Å². The van der Waals surface area contributed by atoms with Crippen LogP contribution in [0.15, 0.2) is 41.3 Å². The molecule has 3 rings (SSSR count). The van der Waals surface area contributed by atoms with Crippen molar-refractivity contribution in [2.75, 3.05) is 0 Å². The van der Waals surface area contributed by atoms with Crippen molar-refractivity contribution in [2.45, 2.75) is 26.8 Å². The first kappa shape index (κ1) is 15.7. The summed E-state index contributed by atoms with van der Waals surface area (Å²) in [4.78, 5) is 16.2. The van der Waals surface area contributed by atoms with Crippen LogP contribution in [0, 0.1) is 10.7 Å². The van der Waals surface area contributed by atoms with Gasteiger partial charge in [-0.3, -0.25) is 9.36 Å². The monoisotopic (exact) mass is 327 g/mol. The Morgan fingerprint density at radius 2 is 1.91 bits per heavy atom. The lowest BCUT2D eigenvalue weighted by atomic mass is 10.1. The predicted octanol–water partition coefficient (Wildman–Crippen LogP) is 4.11. The second-order valence-corrected chi connectivity index (χ2v) is 6.70. The molecule has 23 heavy (non-hydrogen) atoms. The average Bonchev–Trinajstić information content (AvgIpc) is 2.84. The molecule has 0 aliphatic rings. The lowest BCUT2D eigenvalue weighted by Gasteiger charge is -2.09. The molecule has 1 N–H and O–H groups in total. The number of hydrogen-bond donors (Lipinski definition) is 1. The Morgan fingerprint density at radius 1 is 1.22 bits per heavy atom. The summed E-state index contributed by atoms with van der Waals surface area (Å²) < 4.78 is 4.05. The van der Waals surface area contributed by atoms with E-state index in [-0.39, 0.29) is 5.56 Å². The largest absolute Gasteiger partial charge is 0.344 e. The van der Waals surface area contributed by atoms with Gasteiger partial charge in [0, 0.05) is 25.4 Å². The van der Waals surface area contributed by atoms with Gasteiger partial charge in [-0.15, -0.1) is 0 Å². The molecule has 0 saturated carbocycles. The molecule has 4 nitrogen and oxygen atoms in total. The number of aromatic nitrogens is 3. The Labute approximate surface area is 140 Å². The first-order valence-corrected chi connectivity index (χ1v) is 8.27. The van der Waals surface area contributed by atoms with Gasteiger partial charge in [0.25, 0.3) is 5.56 Å². The molecule has 0 bridgehead atoms. The predicted molar refractivity (Wildman–Crippen MR) is 97.3 cm³/mol. The molecule has 0 fully saturated rings. The van der Waals surface area contributed by atoms with Crippen molar-refractivity contribution in [3.63, 3.8) is 0 Å². The quantitative estimate of drug-likeness (QED) is 0.733. The molecular formula is C18H21N3OS. The van der Waals surface area contributed by atoms with Crippen molar-refractivity contribution in [1.82, 2.24) is 14.1 Å². The van der Waals surface area contributed by atoms with Gasteiger partial charge < -0.3 is 9.55 Å². The Hall–Kier alpha value is -2.14. The summed E-state index contributed by atoms with van der Waals surface area (Å²) in [5.41, 5.74) is 3.54. The normalized spacial score (nSPS) is 11.5. The molecular weight excluding hydrogens is 306 g/mol. The molecule has 2 heterocycles. The molecule has 0 spiro atoms. The fourth-order valence-corrected chi connectivity index (χ4v) is 3.11. The fourth-order valence-electron chi connectivity index (χ4n) is 2.83. The minimum atomic E-state index is -0.0194. The Kier molecular flexibility index (Phi) is 4.22. The lowest BCUT2D eigenvalue weighted by molar-refractivity contribution is 0.502. The molecule has 0 atom stereocenters. The molecule has 0 amide bonds. The second-order valence-electron chi connectivity index (χ2n) is 6.31. The number of nitrogens with one attached hydrogen (secondary N) is 1. The van der Waals surface area contributed by atoms with Gasteiger partial charge in [-0.2, -0.15) is 0 Å². The molecule has 3 aromatic rings. The molecule has 0 aliphatic carbocycles. The van der Waals surface area contributed by atoms with Crippen LogP contribution in [-0.4, -0.2) is 14.1 Å². The minimum absolute atomic E-state index is 0.0194. The maximum atomic E-state index is 12.9. The SMILES string of the molecule is CC(C)CCn1c(=S)[nH]c2c(-c3ccccc3)cn(C)c2c1=O. The van der Waals surface area contributed by atoms with E-state index in [1.165, 1.54) is 0 Å². The number of H-pyrrole nitrogens is 1. The van der Waals surface area contributed by atoms with Crippen LogP contribution in [0.2, 0.25) is 0 Å². The smallest absolute Gasteiger partial charge is 0.278 e. The van der Waals surface area contributed by atoms with E-state index in [4.69, 9.17) is 12.2 Å². The zero-order valence-electron chi connectivity index (χ0n) is 13.7. The van der Waals surface area contributed by atoms with E-state index in [1.54, 1.807) is 4.57 Å². The van der Waals surface area contributed by atoms with Gasteiger partial charge in [-0.05, 0) is 30.1 Å². The van der Waals surface area contributed by atoms with Crippen LogP contribution in [0.5, 0.6) is 0 Å². The Bertz CT molecular complexity index is 948. The summed E-state index contributed by atoms with van der Waals surface area (Å²) >= 11 is 5.44. The number of benzene rings is 1. The number of fused-ring (bicyclic) bond motifs is 1. The molecule has 0 radical (unpaired) electrons. The summed E-state index contributed by atoms with van der Waals surface area (Å²) in [6.07, 6.45) is 2.91. The lowest BCUT2D eigenvalue weighted by Crippen LogP contribution is -2.24.